The summed E-state index contributed by atoms with van der Waals surface area (Å²) in [6.45, 7) is 2.17. The Kier molecular flexibility index (Phi) is 2.90. The Hall–Kier alpha value is -2.01. The zero-order chi connectivity index (χ0) is 12.4. The van der Waals surface area contributed by atoms with Gasteiger partial charge < -0.3 is 19.8 Å². The number of nitrogens with zero attached hydrogens (tertiary/aromatic N) is 2. The van der Waals surface area contributed by atoms with Crippen LogP contribution < -0.4 is 10.6 Å². The highest BCUT2D eigenvalue weighted by Gasteiger charge is 2.26. The second-order valence-corrected chi connectivity index (χ2v) is 4.29. The lowest BCUT2D eigenvalue weighted by Gasteiger charge is -2.36. The van der Waals surface area contributed by atoms with Gasteiger partial charge in [0.25, 0.3) is 0 Å². The maximum Gasteiger partial charge on any atom is 0.129 e. The van der Waals surface area contributed by atoms with Gasteiger partial charge in [-0.3, -0.25) is 0 Å². The second kappa shape index (κ2) is 4.70. The predicted molar refractivity (Wildman–Crippen MR) is 68.3 cm³/mol. The van der Waals surface area contributed by atoms with Crippen LogP contribution in [0.15, 0.2) is 41.3 Å². The van der Waals surface area contributed by atoms with Crippen molar-refractivity contribution in [1.82, 2.24) is 4.98 Å². The van der Waals surface area contributed by atoms with Gasteiger partial charge in [-0.15, -0.1) is 0 Å². The summed E-state index contributed by atoms with van der Waals surface area (Å²) in [7, 11) is 0. The molecular formula is C13H15N3O2. The molecular weight excluding hydrogens is 230 g/mol. The quantitative estimate of drug-likeness (QED) is 0.874. The van der Waals surface area contributed by atoms with Gasteiger partial charge in [-0.05, 0) is 18.2 Å². The molecule has 1 atom stereocenters. The number of rotatable bonds is 2. The van der Waals surface area contributed by atoms with E-state index in [4.69, 9.17) is 14.9 Å². The third-order valence-electron chi connectivity index (χ3n) is 3.12. The first-order valence-electron chi connectivity index (χ1n) is 5.92. The number of nitrogens with two attached hydrogens (primary N) is 1. The van der Waals surface area contributed by atoms with Crippen LogP contribution in [0.25, 0.3) is 0 Å². The molecule has 18 heavy (non-hydrogen) atoms. The molecule has 0 radical (unpaired) electrons. The van der Waals surface area contributed by atoms with Crippen molar-refractivity contribution in [2.24, 2.45) is 0 Å². The third kappa shape index (κ3) is 2.04. The van der Waals surface area contributed by atoms with Crippen LogP contribution in [0.2, 0.25) is 0 Å². The largest absolute Gasteiger partial charge is 0.472 e. The summed E-state index contributed by atoms with van der Waals surface area (Å²) in [5.41, 5.74) is 7.44. The second-order valence-electron chi connectivity index (χ2n) is 4.29. The number of nitrogen functional groups attached to an aromatic ring is 1. The Balaban J connectivity index is 1.90. The highest BCUT2D eigenvalue weighted by molar-refractivity contribution is 5.48. The molecule has 1 fully saturated rings. The number of furan rings is 1. The van der Waals surface area contributed by atoms with Crippen LogP contribution in [0.4, 0.5) is 11.5 Å². The van der Waals surface area contributed by atoms with E-state index >= 15 is 0 Å². The summed E-state index contributed by atoms with van der Waals surface area (Å²) in [5.74, 6) is 0.915. The molecule has 2 aromatic heterocycles. The lowest BCUT2D eigenvalue weighted by molar-refractivity contribution is 0.0935. The van der Waals surface area contributed by atoms with E-state index in [1.54, 1.807) is 18.7 Å². The van der Waals surface area contributed by atoms with E-state index in [1.165, 1.54) is 0 Å². The highest BCUT2D eigenvalue weighted by Crippen LogP contribution is 2.28. The number of morpholine rings is 1. The molecule has 2 aromatic rings. The van der Waals surface area contributed by atoms with E-state index in [0.717, 1.165) is 17.9 Å². The van der Waals surface area contributed by atoms with E-state index in [-0.39, 0.29) is 6.04 Å². The lowest BCUT2D eigenvalue weighted by Crippen LogP contribution is -2.39. The number of aromatic nitrogens is 1. The van der Waals surface area contributed by atoms with Gasteiger partial charge in [-0.2, -0.15) is 0 Å². The summed E-state index contributed by atoms with van der Waals surface area (Å²) in [6.07, 6.45) is 5.11. The molecule has 5 heteroatoms. The highest BCUT2D eigenvalue weighted by atomic mass is 16.5. The van der Waals surface area contributed by atoms with Gasteiger partial charge in [0.15, 0.2) is 0 Å². The molecule has 3 heterocycles. The minimum absolute atomic E-state index is 0.147. The molecule has 0 spiro atoms. The van der Waals surface area contributed by atoms with E-state index < -0.39 is 0 Å². The predicted octanol–water partition coefficient (Wildman–Crippen LogP) is 1.83. The summed E-state index contributed by atoms with van der Waals surface area (Å²) in [4.78, 5) is 6.59. The van der Waals surface area contributed by atoms with E-state index in [9.17, 15) is 0 Å². The molecule has 0 bridgehead atoms. The summed E-state index contributed by atoms with van der Waals surface area (Å²) in [6, 6.07) is 5.91. The van der Waals surface area contributed by atoms with Gasteiger partial charge in [0.2, 0.25) is 0 Å². The summed E-state index contributed by atoms with van der Waals surface area (Å²) >= 11 is 0. The zero-order valence-electron chi connectivity index (χ0n) is 9.95. The molecule has 0 saturated carbocycles. The molecule has 3 rings (SSSR count). The molecule has 0 aliphatic carbocycles. The molecule has 1 unspecified atom stereocenters. The van der Waals surface area contributed by atoms with Gasteiger partial charge in [0, 0.05) is 12.1 Å². The van der Waals surface area contributed by atoms with E-state index in [1.807, 2.05) is 18.2 Å². The van der Waals surface area contributed by atoms with Crippen LogP contribution >= 0.6 is 0 Å². The van der Waals surface area contributed by atoms with Gasteiger partial charge in [0.05, 0.1) is 43.7 Å². The van der Waals surface area contributed by atoms with Crippen molar-refractivity contribution in [3.8, 4) is 0 Å². The average molecular weight is 245 g/mol. The fraction of sp³-hybridized carbons (Fsp3) is 0.308. The molecule has 1 saturated heterocycles. The normalized spacial score (nSPS) is 20.0. The first-order chi connectivity index (χ1) is 8.84. The van der Waals surface area contributed by atoms with Crippen LogP contribution in [0.1, 0.15) is 11.6 Å². The number of pyridine rings is 1. The van der Waals surface area contributed by atoms with Crippen molar-refractivity contribution in [1.29, 1.82) is 0 Å². The number of hydrogen-bond donors (Lipinski definition) is 1. The zero-order valence-corrected chi connectivity index (χ0v) is 9.95. The Labute approximate surface area is 105 Å². The Bertz CT molecular complexity index is 495. The third-order valence-corrected chi connectivity index (χ3v) is 3.12. The molecule has 0 amide bonds. The van der Waals surface area contributed by atoms with Crippen LogP contribution in [0.3, 0.4) is 0 Å². The first kappa shape index (κ1) is 11.1. The number of anilines is 2. The van der Waals surface area contributed by atoms with Crippen LogP contribution in [0, 0.1) is 0 Å². The van der Waals surface area contributed by atoms with Gasteiger partial charge >= 0.3 is 0 Å². The standard InChI is InChI=1S/C13H15N3O2/c14-11-1-2-13(15-7-11)16-4-6-18-9-12(16)10-3-5-17-8-10/h1-3,5,7-8,12H,4,6,9,14H2. The SMILES string of the molecule is Nc1ccc(N2CCOCC2c2ccoc2)nc1. The molecule has 94 valence electrons. The Morgan fingerprint density at radius 1 is 1.33 bits per heavy atom. The lowest BCUT2D eigenvalue weighted by atomic mass is 10.1. The monoisotopic (exact) mass is 245 g/mol. The molecule has 1 aliphatic heterocycles. The van der Waals surface area contributed by atoms with Gasteiger partial charge in [0.1, 0.15) is 5.82 Å². The van der Waals surface area contributed by atoms with Crippen molar-refractivity contribution in [2.45, 2.75) is 6.04 Å². The summed E-state index contributed by atoms with van der Waals surface area (Å²) < 4.78 is 10.7. The smallest absolute Gasteiger partial charge is 0.129 e. The first-order valence-corrected chi connectivity index (χ1v) is 5.92. The molecule has 1 aliphatic rings. The van der Waals surface area contributed by atoms with Gasteiger partial charge in [-0.1, -0.05) is 0 Å². The van der Waals surface area contributed by atoms with Gasteiger partial charge in [-0.25, -0.2) is 4.98 Å². The van der Waals surface area contributed by atoms with Crippen molar-refractivity contribution in [2.75, 3.05) is 30.4 Å². The Morgan fingerprint density at radius 2 is 2.28 bits per heavy atom. The van der Waals surface area contributed by atoms with Crippen molar-refractivity contribution >= 4 is 11.5 Å². The van der Waals surface area contributed by atoms with Crippen LogP contribution in [-0.2, 0) is 4.74 Å². The average Bonchev–Trinajstić information content (AvgIpc) is 2.93. The fourth-order valence-electron chi connectivity index (χ4n) is 2.19. The maximum atomic E-state index is 5.66. The van der Waals surface area contributed by atoms with Crippen molar-refractivity contribution in [3.63, 3.8) is 0 Å². The van der Waals surface area contributed by atoms with Crippen molar-refractivity contribution in [3.05, 3.63) is 42.5 Å². The number of ether oxygens (including phenoxy) is 1. The minimum atomic E-state index is 0.147. The molecule has 5 nitrogen and oxygen atoms in total. The topological polar surface area (TPSA) is 64.5 Å². The minimum Gasteiger partial charge on any atom is -0.472 e. The fourth-order valence-corrected chi connectivity index (χ4v) is 2.19. The number of hydrogen-bond acceptors (Lipinski definition) is 5. The van der Waals surface area contributed by atoms with Crippen molar-refractivity contribution < 1.29 is 9.15 Å². The molecule has 0 aromatic carbocycles. The Morgan fingerprint density at radius 3 is 3.00 bits per heavy atom. The molecule has 2 N–H and O–H groups in total. The van der Waals surface area contributed by atoms with E-state index in [0.29, 0.717) is 18.9 Å². The maximum absolute atomic E-state index is 5.66. The van der Waals surface area contributed by atoms with Crippen LogP contribution in [0.5, 0.6) is 0 Å². The summed E-state index contributed by atoms with van der Waals surface area (Å²) in [5, 5.41) is 0. The van der Waals surface area contributed by atoms with Crippen LogP contribution in [-0.4, -0.2) is 24.7 Å². The van der Waals surface area contributed by atoms with E-state index in [2.05, 4.69) is 9.88 Å².